The number of hydrogen-bond donors (Lipinski definition) is 2. The van der Waals surface area contributed by atoms with Crippen LogP contribution in [0.1, 0.15) is 33.1 Å². The minimum Gasteiger partial charge on any atom is -0.497 e. The lowest BCUT2D eigenvalue weighted by Gasteiger charge is -2.14. The summed E-state index contributed by atoms with van der Waals surface area (Å²) < 4.78 is 31.7. The molecule has 0 heterocycles. The van der Waals surface area contributed by atoms with Gasteiger partial charge in [0.25, 0.3) is 0 Å². The summed E-state index contributed by atoms with van der Waals surface area (Å²) >= 11 is 0. The second kappa shape index (κ2) is 8.75. The molecule has 0 spiro atoms. The van der Waals surface area contributed by atoms with E-state index in [9.17, 15) is 13.2 Å². The van der Waals surface area contributed by atoms with Gasteiger partial charge in [-0.25, -0.2) is 8.42 Å². The van der Waals surface area contributed by atoms with Crippen molar-refractivity contribution >= 4 is 15.9 Å². The van der Waals surface area contributed by atoms with Gasteiger partial charge in [0.1, 0.15) is 5.75 Å². The Bertz CT molecular complexity index is 570. The second-order valence-electron chi connectivity index (χ2n) is 5.02. The van der Waals surface area contributed by atoms with E-state index in [1.54, 1.807) is 12.1 Å². The second-order valence-corrected chi connectivity index (χ2v) is 6.73. The zero-order chi connectivity index (χ0) is 16.6. The van der Waals surface area contributed by atoms with Crippen molar-refractivity contribution in [1.29, 1.82) is 0 Å². The van der Waals surface area contributed by atoms with E-state index in [2.05, 4.69) is 17.0 Å². The van der Waals surface area contributed by atoms with Crippen LogP contribution in [0.15, 0.2) is 29.2 Å². The molecule has 0 aromatic heterocycles. The zero-order valence-electron chi connectivity index (χ0n) is 13.3. The van der Waals surface area contributed by atoms with Gasteiger partial charge in [-0.1, -0.05) is 19.8 Å². The molecule has 1 aromatic carbocycles. The maximum Gasteiger partial charge on any atom is 0.241 e. The van der Waals surface area contributed by atoms with E-state index in [4.69, 9.17) is 4.74 Å². The first-order chi connectivity index (χ1) is 10.4. The summed E-state index contributed by atoms with van der Waals surface area (Å²) in [4.78, 5) is 12.0. The molecule has 124 valence electrons. The monoisotopic (exact) mass is 328 g/mol. The molecule has 0 saturated heterocycles. The van der Waals surface area contributed by atoms with Crippen LogP contribution in [0, 0.1) is 0 Å². The number of carbonyl (C=O) groups excluding carboxylic acids is 1. The molecular weight excluding hydrogens is 304 g/mol. The molecule has 0 fully saturated rings. The number of ether oxygens (including phenoxy) is 1. The minimum absolute atomic E-state index is 0.0962. The van der Waals surface area contributed by atoms with Gasteiger partial charge in [-0.2, -0.15) is 4.72 Å². The van der Waals surface area contributed by atoms with Crippen molar-refractivity contribution in [2.24, 2.45) is 0 Å². The van der Waals surface area contributed by atoms with E-state index in [1.807, 2.05) is 0 Å². The molecule has 0 bridgehead atoms. The largest absolute Gasteiger partial charge is 0.497 e. The van der Waals surface area contributed by atoms with Gasteiger partial charge in [0.15, 0.2) is 0 Å². The fourth-order valence-electron chi connectivity index (χ4n) is 1.85. The van der Waals surface area contributed by atoms with Gasteiger partial charge in [-0.15, -0.1) is 0 Å². The number of sulfonamides is 1. The number of benzene rings is 1. The third-order valence-corrected chi connectivity index (χ3v) is 4.73. The van der Waals surface area contributed by atoms with Gasteiger partial charge in [-0.3, -0.25) is 4.79 Å². The Kier molecular flexibility index (Phi) is 7.34. The predicted molar refractivity (Wildman–Crippen MR) is 85.3 cm³/mol. The highest BCUT2D eigenvalue weighted by molar-refractivity contribution is 7.89. The first kappa shape index (κ1) is 18.4. The summed E-state index contributed by atoms with van der Waals surface area (Å²) in [6, 6.07) is 5.17. The van der Waals surface area contributed by atoms with Gasteiger partial charge >= 0.3 is 0 Å². The molecule has 7 heteroatoms. The molecule has 1 rings (SSSR count). The van der Waals surface area contributed by atoms with Crippen LogP contribution in [0.5, 0.6) is 5.75 Å². The van der Waals surface area contributed by atoms with Crippen LogP contribution in [0.3, 0.4) is 0 Å². The van der Waals surface area contributed by atoms with Gasteiger partial charge in [0.05, 0.1) is 18.0 Å². The number of hydrogen-bond acceptors (Lipinski definition) is 4. The Morgan fingerprint density at radius 1 is 1.23 bits per heavy atom. The Hall–Kier alpha value is -1.60. The summed E-state index contributed by atoms with van der Waals surface area (Å²) in [5.41, 5.74) is 0. The van der Waals surface area contributed by atoms with Gasteiger partial charge in [-0.05, 0) is 37.6 Å². The average molecular weight is 328 g/mol. The maximum absolute atomic E-state index is 12.2. The van der Waals surface area contributed by atoms with Crippen molar-refractivity contribution in [3.8, 4) is 5.75 Å². The minimum atomic E-state index is -3.73. The van der Waals surface area contributed by atoms with E-state index >= 15 is 0 Å². The summed E-state index contributed by atoms with van der Waals surface area (Å²) in [5.74, 6) is 0.244. The fraction of sp³-hybridized carbons (Fsp3) is 0.533. The van der Waals surface area contributed by atoms with Crippen LogP contribution >= 0.6 is 0 Å². The van der Waals surface area contributed by atoms with Crippen LogP contribution < -0.4 is 14.8 Å². The number of rotatable bonds is 9. The average Bonchev–Trinajstić information content (AvgIpc) is 2.51. The first-order valence-electron chi connectivity index (χ1n) is 7.34. The number of nitrogens with one attached hydrogen (secondary N) is 2. The standard InChI is InChI=1S/C15H24N2O4S/c1-4-5-6-11-16-15(18)12(2)17-22(19,20)14-9-7-13(21-3)8-10-14/h7-10,12,17H,4-6,11H2,1-3H3,(H,16,18)/t12-/m1/s1. The maximum atomic E-state index is 12.2. The molecule has 0 saturated carbocycles. The summed E-state index contributed by atoms with van der Waals surface area (Å²) in [6.07, 6.45) is 2.99. The molecule has 0 radical (unpaired) electrons. The molecule has 0 aliphatic heterocycles. The van der Waals surface area contributed by atoms with Crippen LogP contribution in [-0.2, 0) is 14.8 Å². The molecule has 1 atom stereocenters. The normalized spacial score (nSPS) is 12.7. The Morgan fingerprint density at radius 2 is 1.86 bits per heavy atom. The summed E-state index contributed by atoms with van der Waals surface area (Å²) in [7, 11) is -2.22. The SMILES string of the molecule is CCCCCNC(=O)[C@@H](C)NS(=O)(=O)c1ccc(OC)cc1. The molecule has 0 aliphatic carbocycles. The van der Waals surface area contributed by atoms with E-state index in [0.717, 1.165) is 19.3 Å². The van der Waals surface area contributed by atoms with Crippen LogP contribution in [0.25, 0.3) is 0 Å². The first-order valence-corrected chi connectivity index (χ1v) is 8.83. The number of unbranched alkanes of at least 4 members (excludes halogenated alkanes) is 2. The lowest BCUT2D eigenvalue weighted by molar-refractivity contribution is -0.122. The van der Waals surface area contributed by atoms with Crippen LogP contribution in [-0.4, -0.2) is 34.0 Å². The predicted octanol–water partition coefficient (Wildman–Crippen LogP) is 1.67. The van der Waals surface area contributed by atoms with Gasteiger partial charge < -0.3 is 10.1 Å². The summed E-state index contributed by atoms with van der Waals surface area (Å²) in [6.45, 7) is 4.16. The van der Waals surface area contributed by atoms with Crippen molar-refractivity contribution in [2.45, 2.75) is 44.0 Å². The molecule has 2 N–H and O–H groups in total. The van der Waals surface area contributed by atoms with Crippen molar-refractivity contribution in [2.75, 3.05) is 13.7 Å². The number of carbonyl (C=O) groups is 1. The van der Waals surface area contributed by atoms with Crippen LogP contribution in [0.2, 0.25) is 0 Å². The third kappa shape index (κ3) is 5.65. The van der Waals surface area contributed by atoms with E-state index < -0.39 is 16.1 Å². The van der Waals surface area contributed by atoms with E-state index in [-0.39, 0.29) is 10.8 Å². The highest BCUT2D eigenvalue weighted by atomic mass is 32.2. The summed E-state index contributed by atoms with van der Waals surface area (Å²) in [5, 5.41) is 2.72. The van der Waals surface area contributed by atoms with Crippen molar-refractivity contribution < 1.29 is 17.9 Å². The fourth-order valence-corrected chi connectivity index (χ4v) is 3.05. The Morgan fingerprint density at radius 3 is 2.41 bits per heavy atom. The Labute approximate surface area is 132 Å². The zero-order valence-corrected chi connectivity index (χ0v) is 14.1. The van der Waals surface area contributed by atoms with Crippen molar-refractivity contribution in [3.05, 3.63) is 24.3 Å². The molecule has 0 aliphatic rings. The molecule has 22 heavy (non-hydrogen) atoms. The highest BCUT2D eigenvalue weighted by Crippen LogP contribution is 2.15. The molecule has 1 amide bonds. The lowest BCUT2D eigenvalue weighted by Crippen LogP contribution is -2.44. The van der Waals surface area contributed by atoms with E-state index in [0.29, 0.717) is 12.3 Å². The van der Waals surface area contributed by atoms with Crippen LogP contribution in [0.4, 0.5) is 0 Å². The smallest absolute Gasteiger partial charge is 0.241 e. The van der Waals surface area contributed by atoms with Gasteiger partial charge in [0.2, 0.25) is 15.9 Å². The van der Waals surface area contributed by atoms with Crippen molar-refractivity contribution in [3.63, 3.8) is 0 Å². The molecular formula is C15H24N2O4S. The quantitative estimate of drug-likeness (QED) is 0.675. The Balaban J connectivity index is 2.60. The van der Waals surface area contributed by atoms with Gasteiger partial charge in [0, 0.05) is 6.54 Å². The lowest BCUT2D eigenvalue weighted by atomic mass is 10.2. The molecule has 1 aromatic rings. The number of amides is 1. The molecule has 0 unspecified atom stereocenters. The van der Waals surface area contributed by atoms with Crippen molar-refractivity contribution in [1.82, 2.24) is 10.0 Å². The third-order valence-electron chi connectivity index (χ3n) is 3.17. The highest BCUT2D eigenvalue weighted by Gasteiger charge is 2.21. The topological polar surface area (TPSA) is 84.5 Å². The molecule has 6 nitrogen and oxygen atoms in total. The van der Waals surface area contributed by atoms with E-state index in [1.165, 1.54) is 26.2 Å². The number of methoxy groups -OCH3 is 1.